The Balaban J connectivity index is 1.06. The van der Waals surface area contributed by atoms with Gasteiger partial charge in [0, 0.05) is 33.7 Å². The fourth-order valence-electron chi connectivity index (χ4n) is 12.8. The zero-order chi connectivity index (χ0) is 52.5. The van der Waals surface area contributed by atoms with E-state index in [1.54, 1.807) is 0 Å². The molecular weight excluding hydrogens is 946 g/mol. The van der Waals surface area contributed by atoms with E-state index in [4.69, 9.17) is 9.47 Å². The zero-order valence-electron chi connectivity index (χ0n) is 44.7. The van der Waals surface area contributed by atoms with E-state index in [1.165, 1.54) is 77.7 Å². The van der Waals surface area contributed by atoms with Gasteiger partial charge in [-0.25, -0.2) is 0 Å². The van der Waals surface area contributed by atoms with E-state index in [2.05, 4.69) is 270 Å². The largest absolute Gasteiger partial charge is 0.456 e. The molecule has 0 atom stereocenters. The fraction of sp³-hybridized carbons (Fsp3) is 0.0833. The highest BCUT2D eigenvalue weighted by molar-refractivity contribution is 7.02. The van der Waals surface area contributed by atoms with E-state index >= 15 is 0 Å². The van der Waals surface area contributed by atoms with Crippen molar-refractivity contribution in [2.24, 2.45) is 0 Å². The van der Waals surface area contributed by atoms with Crippen LogP contribution in [-0.2, 0) is 0 Å². The van der Waals surface area contributed by atoms with Crippen LogP contribution in [0, 0.1) is 41.5 Å². The van der Waals surface area contributed by atoms with Crippen molar-refractivity contribution in [1.29, 1.82) is 0 Å². The number of hydrogen-bond acceptors (Lipinski definition) is 4. The Labute approximate surface area is 458 Å². The van der Waals surface area contributed by atoms with Crippen molar-refractivity contribution in [1.82, 2.24) is 0 Å². The summed E-state index contributed by atoms with van der Waals surface area (Å²) in [7, 11) is 0. The quantitative estimate of drug-likeness (QED) is 0.155. The van der Waals surface area contributed by atoms with Crippen molar-refractivity contribution >= 4 is 80.3 Å². The van der Waals surface area contributed by atoms with E-state index in [0.29, 0.717) is 0 Å². The molecule has 0 unspecified atom stereocenters. The highest BCUT2D eigenvalue weighted by Gasteiger charge is 2.52. The van der Waals surface area contributed by atoms with Crippen molar-refractivity contribution in [3.8, 4) is 67.5 Å². The Morgan fingerprint density at radius 2 is 0.551 bits per heavy atom. The molecule has 11 aromatic carbocycles. The summed E-state index contributed by atoms with van der Waals surface area (Å²) in [5.41, 5.74) is 29.9. The average molecular weight is 1000 g/mol. The summed E-state index contributed by atoms with van der Waals surface area (Å²) in [6, 6.07) is 81.4. The summed E-state index contributed by atoms with van der Waals surface area (Å²) in [6.45, 7) is 12.6. The summed E-state index contributed by atoms with van der Waals surface area (Å²) in [6.07, 6.45) is 0. The number of nitrogens with zero attached hydrogens (tertiary/aromatic N) is 2. The minimum Gasteiger partial charge on any atom is -0.456 e. The lowest BCUT2D eigenvalue weighted by atomic mass is 9.31. The third kappa shape index (κ3) is 7.31. The maximum atomic E-state index is 7.73. The van der Waals surface area contributed by atoms with Crippen LogP contribution < -0.4 is 52.1 Å². The van der Waals surface area contributed by atoms with Crippen LogP contribution in [0.3, 0.4) is 0 Å². The number of hydrogen-bond donors (Lipinski definition) is 0. The van der Waals surface area contributed by atoms with Crippen LogP contribution in [0.25, 0.3) is 44.5 Å². The molecule has 0 saturated heterocycles. The first kappa shape index (κ1) is 46.1. The first-order valence-corrected chi connectivity index (χ1v) is 27.3. The van der Waals surface area contributed by atoms with Crippen LogP contribution in [0.1, 0.15) is 33.4 Å². The molecule has 4 aliphatic heterocycles. The molecule has 6 heteroatoms. The highest BCUT2D eigenvalue weighted by Crippen LogP contribution is 2.54. The van der Waals surface area contributed by atoms with Gasteiger partial charge in [-0.1, -0.05) is 203 Å². The van der Waals surface area contributed by atoms with Gasteiger partial charge in [0.1, 0.15) is 23.0 Å². The van der Waals surface area contributed by atoms with E-state index in [0.717, 1.165) is 90.1 Å². The van der Waals surface area contributed by atoms with Crippen LogP contribution in [0.4, 0.5) is 34.1 Å². The lowest BCUT2D eigenvalue weighted by molar-refractivity contribution is 0.477. The van der Waals surface area contributed by atoms with Gasteiger partial charge in [0.25, 0.3) is 13.4 Å². The van der Waals surface area contributed by atoms with Crippen molar-refractivity contribution in [2.45, 2.75) is 41.5 Å². The molecule has 15 rings (SSSR count). The summed E-state index contributed by atoms with van der Waals surface area (Å²) in [5, 5.41) is 0. The Morgan fingerprint density at radius 3 is 0.885 bits per heavy atom. The molecule has 0 bridgehead atoms. The van der Waals surface area contributed by atoms with Crippen LogP contribution in [0.15, 0.2) is 218 Å². The van der Waals surface area contributed by atoms with Gasteiger partial charge in [0.05, 0.1) is 11.4 Å². The van der Waals surface area contributed by atoms with Crippen LogP contribution in [0.2, 0.25) is 0 Å². The molecule has 4 heterocycles. The summed E-state index contributed by atoms with van der Waals surface area (Å²) >= 11 is 0. The molecule has 0 N–H and O–H groups in total. The van der Waals surface area contributed by atoms with Gasteiger partial charge in [-0.3, -0.25) is 0 Å². The van der Waals surface area contributed by atoms with Crippen molar-refractivity contribution < 1.29 is 9.47 Å². The zero-order valence-corrected chi connectivity index (χ0v) is 44.7. The third-order valence-corrected chi connectivity index (χ3v) is 16.8. The van der Waals surface area contributed by atoms with Gasteiger partial charge in [0.2, 0.25) is 0 Å². The lowest BCUT2D eigenvalue weighted by Gasteiger charge is -2.47. The Morgan fingerprint density at radius 1 is 0.269 bits per heavy atom. The Bertz CT molecular complexity index is 3970. The first-order chi connectivity index (χ1) is 38.1. The Kier molecular flexibility index (Phi) is 10.4. The molecule has 78 heavy (non-hydrogen) atoms. The smallest absolute Gasteiger partial charge is 0.256 e. The summed E-state index contributed by atoms with van der Waals surface area (Å²) in [4.78, 5) is 4.97. The van der Waals surface area contributed by atoms with Crippen molar-refractivity contribution in [2.75, 3.05) is 9.80 Å². The Hall–Kier alpha value is -9.25. The van der Waals surface area contributed by atoms with Gasteiger partial charge in [-0.2, -0.15) is 0 Å². The third-order valence-electron chi connectivity index (χ3n) is 16.8. The molecule has 0 aromatic heterocycles. The monoisotopic (exact) mass is 1000 g/mol. The van der Waals surface area contributed by atoms with E-state index < -0.39 is 0 Å². The molecule has 370 valence electrons. The van der Waals surface area contributed by atoms with E-state index in [9.17, 15) is 0 Å². The number of anilines is 6. The lowest BCUT2D eigenvalue weighted by Crippen LogP contribution is -2.64. The number of rotatable bonds is 6. The molecular formula is C72H54B2N2O2. The highest BCUT2D eigenvalue weighted by atomic mass is 16.5. The van der Waals surface area contributed by atoms with Gasteiger partial charge in [-0.05, 0) is 156 Å². The summed E-state index contributed by atoms with van der Waals surface area (Å²) < 4.78 is 15.5. The predicted molar refractivity (Wildman–Crippen MR) is 328 cm³/mol. The number of ether oxygens (including phenoxy) is 2. The van der Waals surface area contributed by atoms with Gasteiger partial charge >= 0.3 is 0 Å². The number of fused-ring (bicyclic) bond motifs is 10. The second-order valence-corrected chi connectivity index (χ2v) is 22.1. The average Bonchev–Trinajstić information content (AvgIpc) is 2.98. The first-order valence-electron chi connectivity index (χ1n) is 27.3. The second-order valence-electron chi connectivity index (χ2n) is 22.1. The number of aryl methyl sites for hydroxylation is 6. The minimum absolute atomic E-state index is 0.207. The fourth-order valence-corrected chi connectivity index (χ4v) is 12.8. The maximum absolute atomic E-state index is 7.73. The topological polar surface area (TPSA) is 24.9 Å². The van der Waals surface area contributed by atoms with Gasteiger partial charge < -0.3 is 19.3 Å². The predicted octanol–water partition coefficient (Wildman–Crippen LogP) is 15.0. The van der Waals surface area contributed by atoms with Gasteiger partial charge in [0.15, 0.2) is 0 Å². The molecule has 11 aromatic rings. The molecule has 4 aliphatic rings. The van der Waals surface area contributed by atoms with Crippen molar-refractivity contribution in [3.63, 3.8) is 0 Å². The molecule has 0 spiro atoms. The normalized spacial score (nSPS) is 13.1. The summed E-state index contributed by atoms with van der Waals surface area (Å²) in [5.74, 6) is 3.42. The molecule has 0 aliphatic carbocycles. The van der Waals surface area contributed by atoms with Crippen molar-refractivity contribution in [3.05, 3.63) is 252 Å². The van der Waals surface area contributed by atoms with Gasteiger partial charge in [-0.15, -0.1) is 0 Å². The van der Waals surface area contributed by atoms with Crippen LogP contribution in [-0.4, -0.2) is 13.4 Å². The number of benzene rings is 11. The second kappa shape index (κ2) is 17.7. The SMILES string of the molecule is Cc1ccc(-c2ccc(N3c4ccc(-c5ccc(C)cc5)cc4B4c5cc(C)ccc5Oc5c4c3c3c4c5N(c5ccc(-c6ccc(C)cc6)cc5)c5ccc(-c6ccc(C)cc6)cc5B4c4cc(C)ccc4O3)cc2)cc1. The minimum atomic E-state index is -0.207. The van der Waals surface area contributed by atoms with Crippen LogP contribution >= 0.6 is 0 Å². The standard InChI is InChI=1S/C72H54B2N2O2/c1-43-7-17-49(18-8-43)51-25-31-57(32-26-51)75-63-35-29-55(53-21-11-45(3)12-22-53)41-59(63)73-61-39-47(5)16-38-66(61)78-72-67(73)69(75)71-68-70(72)76(58-33-27-52(28-34-58)50-19-9-44(2)10-20-50)64-36-30-56(54-23-13-46(4)14-24-54)42-60(64)74(68)62-40-48(6)15-37-65(62)77-71/h7-42H,1-6H3. The molecule has 0 radical (unpaired) electrons. The maximum Gasteiger partial charge on any atom is 0.256 e. The molecule has 0 saturated carbocycles. The molecule has 0 fully saturated rings. The van der Waals surface area contributed by atoms with Crippen LogP contribution in [0.5, 0.6) is 23.0 Å². The molecule has 4 nitrogen and oxygen atoms in total. The van der Waals surface area contributed by atoms with E-state index in [1.807, 2.05) is 0 Å². The van der Waals surface area contributed by atoms with E-state index in [-0.39, 0.29) is 13.4 Å². The molecule has 0 amide bonds.